The summed E-state index contributed by atoms with van der Waals surface area (Å²) in [6.45, 7) is 8.93. The lowest BCUT2D eigenvalue weighted by Crippen LogP contribution is -2.48. The normalized spacial score (nSPS) is 23.2. The van der Waals surface area contributed by atoms with Crippen LogP contribution < -0.4 is 4.72 Å². The van der Waals surface area contributed by atoms with Crippen LogP contribution in [0.5, 0.6) is 0 Å². The molecule has 1 saturated heterocycles. The molecular weight excluding hydrogens is 354 g/mol. The molecule has 0 bridgehead atoms. The van der Waals surface area contributed by atoms with Gasteiger partial charge in [0.25, 0.3) is 10.2 Å². The number of methoxy groups -OCH3 is 1. The highest BCUT2D eigenvalue weighted by atomic mass is 32.2. The minimum absolute atomic E-state index is 0.223. The number of rotatable bonds is 5. The summed E-state index contributed by atoms with van der Waals surface area (Å²) in [5.74, 6) is 1.85. The van der Waals surface area contributed by atoms with E-state index in [-0.39, 0.29) is 11.5 Å². The van der Waals surface area contributed by atoms with E-state index in [1.165, 1.54) is 0 Å². The maximum atomic E-state index is 12.9. The second-order valence-electron chi connectivity index (χ2n) is 8.40. The molecule has 1 fully saturated rings. The van der Waals surface area contributed by atoms with E-state index in [9.17, 15) is 8.42 Å². The molecule has 0 aliphatic carbocycles. The molecule has 0 aromatic carbocycles. The summed E-state index contributed by atoms with van der Waals surface area (Å²) in [5, 5.41) is 4.40. The van der Waals surface area contributed by atoms with Crippen LogP contribution in [0.4, 0.5) is 0 Å². The van der Waals surface area contributed by atoms with Gasteiger partial charge in [-0.1, -0.05) is 20.8 Å². The summed E-state index contributed by atoms with van der Waals surface area (Å²) in [6, 6.07) is -0.327. The van der Waals surface area contributed by atoms with Crippen LogP contribution in [-0.2, 0) is 28.1 Å². The highest BCUT2D eigenvalue weighted by Crippen LogP contribution is 2.35. The Kier molecular flexibility index (Phi) is 5.72. The lowest BCUT2D eigenvalue weighted by molar-refractivity contribution is 0.153. The molecule has 1 aromatic rings. The van der Waals surface area contributed by atoms with Crippen molar-refractivity contribution in [3.8, 4) is 0 Å². The Morgan fingerprint density at radius 2 is 1.88 bits per heavy atom. The van der Waals surface area contributed by atoms with Crippen LogP contribution in [0.25, 0.3) is 0 Å². The van der Waals surface area contributed by atoms with Crippen LogP contribution in [0.1, 0.15) is 64.1 Å². The monoisotopic (exact) mass is 385 g/mol. The highest BCUT2D eigenvalue weighted by Gasteiger charge is 2.35. The van der Waals surface area contributed by atoms with Gasteiger partial charge in [-0.05, 0) is 37.0 Å². The van der Waals surface area contributed by atoms with Crippen molar-refractivity contribution >= 4 is 10.2 Å². The molecule has 3 heterocycles. The number of ether oxygens (including phenoxy) is 1. The maximum Gasteiger partial charge on any atom is 0.280 e. The number of piperidine rings is 1. The first-order valence-corrected chi connectivity index (χ1v) is 10.8. The molecule has 2 aliphatic heterocycles. The largest absolute Gasteiger partial charge is 0.377 e. The highest BCUT2D eigenvalue weighted by molar-refractivity contribution is 7.87. The fourth-order valence-electron chi connectivity index (χ4n) is 3.92. The number of aromatic nitrogens is 3. The van der Waals surface area contributed by atoms with E-state index in [2.05, 4.69) is 35.6 Å². The molecule has 8 nitrogen and oxygen atoms in total. The number of aryl methyl sites for hydroxylation is 1. The van der Waals surface area contributed by atoms with Crippen LogP contribution in [0.15, 0.2) is 0 Å². The minimum atomic E-state index is -3.53. The molecule has 148 valence electrons. The van der Waals surface area contributed by atoms with Crippen molar-refractivity contribution in [1.82, 2.24) is 23.8 Å². The van der Waals surface area contributed by atoms with Crippen molar-refractivity contribution in [2.24, 2.45) is 11.3 Å². The lowest BCUT2D eigenvalue weighted by atomic mass is 9.76. The fraction of sp³-hybridized carbons (Fsp3) is 0.882. The maximum absolute atomic E-state index is 12.9. The quantitative estimate of drug-likeness (QED) is 0.835. The molecule has 0 amide bonds. The first kappa shape index (κ1) is 19.7. The topological polar surface area (TPSA) is 89.3 Å². The van der Waals surface area contributed by atoms with Gasteiger partial charge < -0.3 is 4.74 Å². The molecule has 1 unspecified atom stereocenters. The standard InChI is InChI=1S/C17H31N5O3S/c1-17(2,3)13-7-10-21(11-8-13)26(23,24)20-14-6-5-9-22-16(14)18-15(19-22)12-25-4/h13-14,20H,5-12H2,1-4H3. The molecule has 2 aliphatic rings. The van der Waals surface area contributed by atoms with E-state index >= 15 is 0 Å². The summed E-state index contributed by atoms with van der Waals surface area (Å²) < 4.78 is 37.1. The smallest absolute Gasteiger partial charge is 0.280 e. The molecule has 3 rings (SSSR count). The zero-order valence-electron chi connectivity index (χ0n) is 16.2. The molecule has 0 spiro atoms. The van der Waals surface area contributed by atoms with Gasteiger partial charge in [0.1, 0.15) is 12.4 Å². The van der Waals surface area contributed by atoms with Crippen molar-refractivity contribution in [3.05, 3.63) is 11.6 Å². The number of nitrogens with zero attached hydrogens (tertiary/aromatic N) is 4. The second-order valence-corrected chi connectivity index (χ2v) is 10.1. The van der Waals surface area contributed by atoms with Crippen LogP contribution >= 0.6 is 0 Å². The van der Waals surface area contributed by atoms with Gasteiger partial charge in [-0.3, -0.25) is 0 Å². The Hall–Kier alpha value is -1.03. The predicted molar refractivity (Wildman–Crippen MR) is 98.5 cm³/mol. The SMILES string of the molecule is COCc1nc2n(n1)CCCC2NS(=O)(=O)N1CCC(C(C)(C)C)CC1. The van der Waals surface area contributed by atoms with Crippen molar-refractivity contribution in [2.75, 3.05) is 20.2 Å². The van der Waals surface area contributed by atoms with Gasteiger partial charge in [0, 0.05) is 26.7 Å². The summed E-state index contributed by atoms with van der Waals surface area (Å²) >= 11 is 0. The molecule has 1 aromatic heterocycles. The van der Waals surface area contributed by atoms with Crippen LogP contribution in [0, 0.1) is 11.3 Å². The number of nitrogens with one attached hydrogen (secondary N) is 1. The molecule has 1 N–H and O–H groups in total. The zero-order valence-corrected chi connectivity index (χ0v) is 17.0. The third kappa shape index (κ3) is 4.27. The van der Waals surface area contributed by atoms with Gasteiger partial charge in [0.05, 0.1) is 6.04 Å². The Labute approximate surface area is 156 Å². The van der Waals surface area contributed by atoms with Gasteiger partial charge in [0.15, 0.2) is 5.82 Å². The fourth-order valence-corrected chi connectivity index (χ4v) is 5.34. The van der Waals surface area contributed by atoms with Crippen LogP contribution in [0.3, 0.4) is 0 Å². The number of hydrogen-bond acceptors (Lipinski definition) is 5. The average Bonchev–Trinajstić information content (AvgIpc) is 2.98. The third-order valence-electron chi connectivity index (χ3n) is 5.50. The van der Waals surface area contributed by atoms with Crippen molar-refractivity contribution in [2.45, 2.75) is 65.6 Å². The van der Waals surface area contributed by atoms with E-state index in [4.69, 9.17) is 4.74 Å². The first-order valence-electron chi connectivity index (χ1n) is 9.40. The van der Waals surface area contributed by atoms with Crippen molar-refractivity contribution in [3.63, 3.8) is 0 Å². The van der Waals surface area contributed by atoms with E-state index < -0.39 is 10.2 Å². The lowest BCUT2D eigenvalue weighted by Gasteiger charge is -2.38. The average molecular weight is 386 g/mol. The van der Waals surface area contributed by atoms with Crippen LogP contribution in [-0.4, -0.2) is 47.7 Å². The van der Waals surface area contributed by atoms with Crippen molar-refractivity contribution in [1.29, 1.82) is 0 Å². The van der Waals surface area contributed by atoms with E-state index in [0.717, 1.165) is 32.2 Å². The minimum Gasteiger partial charge on any atom is -0.377 e. The summed E-state index contributed by atoms with van der Waals surface area (Å²) in [4.78, 5) is 4.48. The van der Waals surface area contributed by atoms with Gasteiger partial charge >= 0.3 is 0 Å². The predicted octanol–water partition coefficient (Wildman–Crippen LogP) is 1.85. The third-order valence-corrected chi connectivity index (χ3v) is 7.13. The van der Waals surface area contributed by atoms with E-state index in [0.29, 0.717) is 37.3 Å². The van der Waals surface area contributed by atoms with Gasteiger partial charge in [-0.2, -0.15) is 22.5 Å². The zero-order chi connectivity index (χ0) is 18.9. The molecule has 0 saturated carbocycles. The van der Waals surface area contributed by atoms with E-state index in [1.807, 2.05) is 0 Å². The number of hydrogen-bond donors (Lipinski definition) is 1. The van der Waals surface area contributed by atoms with Gasteiger partial charge in [-0.15, -0.1) is 0 Å². The summed E-state index contributed by atoms with van der Waals surface area (Å²) in [7, 11) is -1.93. The first-order chi connectivity index (χ1) is 12.2. The Balaban J connectivity index is 1.68. The van der Waals surface area contributed by atoms with Gasteiger partial charge in [0.2, 0.25) is 0 Å². The van der Waals surface area contributed by atoms with E-state index in [1.54, 1.807) is 16.1 Å². The van der Waals surface area contributed by atoms with Crippen LogP contribution in [0.2, 0.25) is 0 Å². The van der Waals surface area contributed by atoms with Crippen molar-refractivity contribution < 1.29 is 13.2 Å². The molecular formula is C17H31N5O3S. The summed E-state index contributed by atoms with van der Waals surface area (Å²) in [5.41, 5.74) is 0.223. The summed E-state index contributed by atoms with van der Waals surface area (Å²) in [6.07, 6.45) is 3.43. The number of fused-ring (bicyclic) bond motifs is 1. The second kappa shape index (κ2) is 7.53. The molecule has 1 atom stereocenters. The molecule has 26 heavy (non-hydrogen) atoms. The molecule has 0 radical (unpaired) electrons. The molecule has 9 heteroatoms. The Morgan fingerprint density at radius 1 is 1.19 bits per heavy atom. The van der Waals surface area contributed by atoms with Gasteiger partial charge in [-0.25, -0.2) is 9.67 Å². The Morgan fingerprint density at radius 3 is 2.50 bits per heavy atom. The Bertz CT molecular complexity index is 717.